The van der Waals surface area contributed by atoms with Gasteiger partial charge >= 0.3 is 0 Å². The molecule has 5 heteroatoms. The normalized spacial score (nSPS) is 12.8. The van der Waals surface area contributed by atoms with Gasteiger partial charge in [-0.25, -0.2) is 0 Å². The molecule has 1 aliphatic rings. The number of amides is 2. The number of nitrogens with zero attached hydrogens (tertiary/aromatic N) is 1. The summed E-state index contributed by atoms with van der Waals surface area (Å²) < 4.78 is 0. The van der Waals surface area contributed by atoms with Gasteiger partial charge in [0.15, 0.2) is 0 Å². The maximum absolute atomic E-state index is 12.2. The van der Waals surface area contributed by atoms with Crippen LogP contribution >= 0.6 is 0 Å². The van der Waals surface area contributed by atoms with E-state index >= 15 is 0 Å². The van der Waals surface area contributed by atoms with E-state index in [4.69, 9.17) is 0 Å². The fourth-order valence-electron chi connectivity index (χ4n) is 2.20. The van der Waals surface area contributed by atoms with Gasteiger partial charge in [0.05, 0.1) is 18.3 Å². The lowest BCUT2D eigenvalue weighted by molar-refractivity contribution is -0.115. The predicted molar refractivity (Wildman–Crippen MR) is 75.7 cm³/mol. The molecule has 0 bridgehead atoms. The average molecular weight is 267 g/mol. The van der Waals surface area contributed by atoms with Crippen LogP contribution in [0.5, 0.6) is 0 Å². The largest absolute Gasteiger partial charge is 0.326 e. The van der Waals surface area contributed by atoms with Crippen molar-refractivity contribution in [1.82, 2.24) is 4.98 Å². The molecule has 5 nitrogen and oxygen atoms in total. The number of pyridine rings is 1. The SMILES string of the molecule is Cc1cncc(NC(=O)c2ccc3c(c2)CC(=O)N3)c1. The lowest BCUT2D eigenvalue weighted by Crippen LogP contribution is -2.12. The Labute approximate surface area is 116 Å². The van der Waals surface area contributed by atoms with Crippen LogP contribution < -0.4 is 10.6 Å². The highest BCUT2D eigenvalue weighted by atomic mass is 16.2. The van der Waals surface area contributed by atoms with E-state index < -0.39 is 0 Å². The molecular formula is C15H13N3O2. The molecule has 0 unspecified atom stereocenters. The molecule has 3 rings (SSSR count). The molecule has 2 aromatic rings. The van der Waals surface area contributed by atoms with Crippen LogP contribution in [0.4, 0.5) is 11.4 Å². The summed E-state index contributed by atoms with van der Waals surface area (Å²) in [6.45, 7) is 1.91. The maximum Gasteiger partial charge on any atom is 0.255 e. The molecule has 0 aliphatic carbocycles. The molecule has 1 aliphatic heterocycles. The zero-order valence-electron chi connectivity index (χ0n) is 10.9. The molecule has 0 saturated carbocycles. The van der Waals surface area contributed by atoms with Crippen molar-refractivity contribution in [2.75, 3.05) is 10.6 Å². The number of hydrogen-bond donors (Lipinski definition) is 2. The van der Waals surface area contributed by atoms with Crippen molar-refractivity contribution in [3.63, 3.8) is 0 Å². The highest BCUT2D eigenvalue weighted by Gasteiger charge is 2.19. The third-order valence-electron chi connectivity index (χ3n) is 3.13. The summed E-state index contributed by atoms with van der Waals surface area (Å²) >= 11 is 0. The van der Waals surface area contributed by atoms with Crippen LogP contribution in [-0.2, 0) is 11.2 Å². The zero-order chi connectivity index (χ0) is 14.1. The standard InChI is InChI=1S/C15H13N3O2/c1-9-4-12(8-16-7-9)17-15(20)10-2-3-13-11(5-10)6-14(19)18-13/h2-5,7-8H,6H2,1H3,(H,17,20)(H,18,19). The number of hydrogen-bond acceptors (Lipinski definition) is 3. The molecular weight excluding hydrogens is 254 g/mol. The summed E-state index contributed by atoms with van der Waals surface area (Å²) in [5.74, 6) is -0.250. The number of nitrogens with one attached hydrogen (secondary N) is 2. The van der Waals surface area contributed by atoms with E-state index in [0.29, 0.717) is 17.7 Å². The second-order valence-corrected chi connectivity index (χ2v) is 4.80. The second-order valence-electron chi connectivity index (χ2n) is 4.80. The first-order valence-corrected chi connectivity index (χ1v) is 6.27. The van der Waals surface area contributed by atoms with Gasteiger partial charge in [0, 0.05) is 17.4 Å². The Morgan fingerprint density at radius 1 is 1.30 bits per heavy atom. The van der Waals surface area contributed by atoms with E-state index in [1.54, 1.807) is 30.6 Å². The Bertz CT molecular complexity index is 710. The van der Waals surface area contributed by atoms with Gasteiger partial charge in [0.25, 0.3) is 5.91 Å². The number of carbonyl (C=O) groups is 2. The van der Waals surface area contributed by atoms with Crippen molar-refractivity contribution in [2.45, 2.75) is 13.3 Å². The number of fused-ring (bicyclic) bond motifs is 1. The Balaban J connectivity index is 1.81. The van der Waals surface area contributed by atoms with Gasteiger partial charge in [0.1, 0.15) is 0 Å². The van der Waals surface area contributed by atoms with Crippen molar-refractivity contribution in [3.8, 4) is 0 Å². The van der Waals surface area contributed by atoms with Crippen LogP contribution in [0.2, 0.25) is 0 Å². The van der Waals surface area contributed by atoms with E-state index in [1.807, 2.05) is 13.0 Å². The summed E-state index contributed by atoms with van der Waals surface area (Å²) in [5.41, 5.74) is 3.80. The molecule has 0 fully saturated rings. The van der Waals surface area contributed by atoms with Gasteiger partial charge in [0.2, 0.25) is 5.91 Å². The van der Waals surface area contributed by atoms with Crippen LogP contribution in [-0.4, -0.2) is 16.8 Å². The summed E-state index contributed by atoms with van der Waals surface area (Å²) in [7, 11) is 0. The number of rotatable bonds is 2. The molecule has 0 radical (unpaired) electrons. The van der Waals surface area contributed by atoms with E-state index in [1.165, 1.54) is 0 Å². The molecule has 0 saturated heterocycles. The third-order valence-corrected chi connectivity index (χ3v) is 3.13. The van der Waals surface area contributed by atoms with Gasteiger partial charge in [-0.05, 0) is 42.3 Å². The van der Waals surface area contributed by atoms with E-state index in [-0.39, 0.29) is 11.8 Å². The van der Waals surface area contributed by atoms with E-state index in [0.717, 1.165) is 16.8 Å². The molecule has 2 N–H and O–H groups in total. The third kappa shape index (κ3) is 2.38. The van der Waals surface area contributed by atoms with E-state index in [2.05, 4.69) is 15.6 Å². The number of anilines is 2. The van der Waals surface area contributed by atoms with Gasteiger partial charge in [-0.1, -0.05) is 0 Å². The monoisotopic (exact) mass is 267 g/mol. The number of aryl methyl sites for hydroxylation is 1. The van der Waals surface area contributed by atoms with Crippen LogP contribution in [0.3, 0.4) is 0 Å². The minimum atomic E-state index is -0.209. The van der Waals surface area contributed by atoms with Crippen LogP contribution in [0.1, 0.15) is 21.5 Å². The Hall–Kier alpha value is -2.69. The quantitative estimate of drug-likeness (QED) is 0.875. The molecule has 2 heterocycles. The first-order valence-electron chi connectivity index (χ1n) is 6.27. The van der Waals surface area contributed by atoms with Crippen molar-refractivity contribution in [2.24, 2.45) is 0 Å². The Morgan fingerprint density at radius 3 is 2.95 bits per heavy atom. The van der Waals surface area contributed by atoms with Gasteiger partial charge in [-0.15, -0.1) is 0 Å². The Morgan fingerprint density at radius 2 is 2.15 bits per heavy atom. The minimum Gasteiger partial charge on any atom is -0.326 e. The fraction of sp³-hybridized carbons (Fsp3) is 0.133. The summed E-state index contributed by atoms with van der Waals surface area (Å²) in [4.78, 5) is 27.5. The summed E-state index contributed by atoms with van der Waals surface area (Å²) in [5, 5.41) is 5.53. The number of carbonyl (C=O) groups excluding carboxylic acids is 2. The predicted octanol–water partition coefficient (Wildman–Crippen LogP) is 2.14. The minimum absolute atomic E-state index is 0.0413. The molecule has 20 heavy (non-hydrogen) atoms. The molecule has 1 aromatic heterocycles. The first kappa shape index (κ1) is 12.3. The summed E-state index contributed by atoms with van der Waals surface area (Å²) in [6, 6.07) is 7.04. The highest BCUT2D eigenvalue weighted by Crippen LogP contribution is 2.24. The fourth-order valence-corrected chi connectivity index (χ4v) is 2.20. The molecule has 0 atom stereocenters. The lowest BCUT2D eigenvalue weighted by Gasteiger charge is -2.07. The average Bonchev–Trinajstić information content (AvgIpc) is 2.77. The van der Waals surface area contributed by atoms with Crippen molar-refractivity contribution in [3.05, 3.63) is 53.3 Å². The Kier molecular flexibility index (Phi) is 2.95. The van der Waals surface area contributed by atoms with Crippen LogP contribution in [0.25, 0.3) is 0 Å². The number of aromatic nitrogens is 1. The van der Waals surface area contributed by atoms with Crippen molar-refractivity contribution < 1.29 is 9.59 Å². The first-order chi connectivity index (χ1) is 9.61. The van der Waals surface area contributed by atoms with Gasteiger partial charge in [-0.2, -0.15) is 0 Å². The van der Waals surface area contributed by atoms with Gasteiger partial charge < -0.3 is 10.6 Å². The molecule has 100 valence electrons. The highest BCUT2D eigenvalue weighted by molar-refractivity contribution is 6.06. The van der Waals surface area contributed by atoms with Crippen LogP contribution in [0, 0.1) is 6.92 Å². The van der Waals surface area contributed by atoms with Gasteiger partial charge in [-0.3, -0.25) is 14.6 Å². The number of benzene rings is 1. The van der Waals surface area contributed by atoms with E-state index in [9.17, 15) is 9.59 Å². The molecule has 1 aromatic carbocycles. The molecule has 0 spiro atoms. The topological polar surface area (TPSA) is 71.1 Å². The summed E-state index contributed by atoms with van der Waals surface area (Å²) in [6.07, 6.45) is 3.65. The smallest absolute Gasteiger partial charge is 0.255 e. The van der Waals surface area contributed by atoms with Crippen LogP contribution in [0.15, 0.2) is 36.7 Å². The second kappa shape index (κ2) is 4.77. The lowest BCUT2D eigenvalue weighted by atomic mass is 10.1. The van der Waals surface area contributed by atoms with Crippen molar-refractivity contribution >= 4 is 23.2 Å². The van der Waals surface area contributed by atoms with Crippen molar-refractivity contribution in [1.29, 1.82) is 0 Å². The zero-order valence-corrected chi connectivity index (χ0v) is 10.9. The maximum atomic E-state index is 12.2. The molecule has 2 amide bonds.